The van der Waals surface area contributed by atoms with Crippen LogP contribution in [0, 0.1) is 35.5 Å². The fourth-order valence-electron chi connectivity index (χ4n) is 5.80. The van der Waals surface area contributed by atoms with Crippen LogP contribution in [0.2, 0.25) is 0 Å². The number of aliphatic hydroxyl groups is 1. The van der Waals surface area contributed by atoms with Crippen molar-refractivity contribution in [3.05, 3.63) is 35.9 Å². The van der Waals surface area contributed by atoms with Gasteiger partial charge in [-0.05, 0) is 66.8 Å². The van der Waals surface area contributed by atoms with Gasteiger partial charge in [0.25, 0.3) is 0 Å². The van der Waals surface area contributed by atoms with E-state index in [0.717, 1.165) is 25.7 Å². The van der Waals surface area contributed by atoms with Crippen LogP contribution in [-0.4, -0.2) is 17.3 Å². The summed E-state index contributed by atoms with van der Waals surface area (Å²) in [7, 11) is -3.82. The van der Waals surface area contributed by atoms with Gasteiger partial charge in [-0.25, -0.2) is 0 Å². The van der Waals surface area contributed by atoms with Gasteiger partial charge in [0.1, 0.15) is 0 Å². The fraction of sp³-hybridized carbons (Fsp3) is 0.778. The lowest BCUT2D eigenvalue weighted by molar-refractivity contribution is -0.0153. The Morgan fingerprint density at radius 2 is 1.25 bits per heavy atom. The summed E-state index contributed by atoms with van der Waals surface area (Å²) >= 11 is 0. The molecule has 1 N–H and O–H groups in total. The summed E-state index contributed by atoms with van der Waals surface area (Å²) in [6.07, 6.45) is 5.91. The predicted molar refractivity (Wildman–Crippen MR) is 131 cm³/mol. The minimum absolute atomic E-state index is 0.151. The monoisotopic (exact) mass is 464 g/mol. The summed E-state index contributed by atoms with van der Waals surface area (Å²) < 4.78 is 27.5. The lowest BCUT2D eigenvalue weighted by Gasteiger charge is -2.42. The largest absolute Gasteiger partial charge is 0.376 e. The molecule has 32 heavy (non-hydrogen) atoms. The Balaban J connectivity index is 1.92. The maximum absolute atomic E-state index is 14.5. The van der Waals surface area contributed by atoms with E-state index in [-0.39, 0.29) is 12.2 Å². The molecule has 3 rings (SSSR count). The molecular weight excluding hydrogens is 419 g/mol. The van der Waals surface area contributed by atoms with Gasteiger partial charge in [0.15, 0.2) is 5.85 Å². The molecule has 0 spiro atoms. The highest BCUT2D eigenvalue weighted by Crippen LogP contribution is 2.64. The molecule has 0 bridgehead atoms. The van der Waals surface area contributed by atoms with E-state index in [9.17, 15) is 9.67 Å². The van der Waals surface area contributed by atoms with E-state index in [1.807, 2.05) is 30.3 Å². The molecule has 0 heterocycles. The topological polar surface area (TPSA) is 55.8 Å². The Morgan fingerprint density at radius 1 is 0.812 bits per heavy atom. The molecule has 2 aliphatic rings. The normalized spacial score (nSPS) is 34.4. The Kier molecular flexibility index (Phi) is 9.06. The lowest BCUT2D eigenvalue weighted by atomic mass is 9.75. The first-order chi connectivity index (χ1) is 15.1. The van der Waals surface area contributed by atoms with Crippen molar-refractivity contribution in [2.24, 2.45) is 35.5 Å². The molecule has 5 heteroatoms. The van der Waals surface area contributed by atoms with Crippen molar-refractivity contribution in [1.82, 2.24) is 0 Å². The van der Waals surface area contributed by atoms with Crippen LogP contribution in [-0.2, 0) is 13.6 Å². The fourth-order valence-corrected chi connectivity index (χ4v) is 7.85. The molecule has 0 aliphatic heterocycles. The minimum atomic E-state index is -3.82. The number of benzene rings is 1. The molecule has 1 unspecified atom stereocenters. The molecule has 0 saturated heterocycles. The summed E-state index contributed by atoms with van der Waals surface area (Å²) in [6.45, 7) is 13.3. The highest BCUT2D eigenvalue weighted by atomic mass is 31.2. The quantitative estimate of drug-likeness (QED) is 0.398. The molecule has 1 aromatic rings. The van der Waals surface area contributed by atoms with Gasteiger partial charge in [-0.2, -0.15) is 0 Å². The van der Waals surface area contributed by atoms with Crippen molar-refractivity contribution >= 4 is 7.60 Å². The standard InChI is InChI=1S/C27H45O4P/c1-18(2)23-14-12-20(5)16-25(23)30-32(29,27(28)22-10-8-7-9-11-22)31-26-17-21(6)13-15-24(26)19(3)4/h7-11,18-21,23-28H,12-17H2,1-6H3/t20-,21+,23+,24-,25-,26-,27+,32?/m1/s1. The number of aliphatic hydroxyl groups excluding tert-OH is 1. The second-order valence-electron chi connectivity index (χ2n) is 11.3. The van der Waals surface area contributed by atoms with Crippen molar-refractivity contribution in [1.29, 1.82) is 0 Å². The van der Waals surface area contributed by atoms with Crippen LogP contribution in [0.25, 0.3) is 0 Å². The van der Waals surface area contributed by atoms with E-state index < -0.39 is 13.4 Å². The van der Waals surface area contributed by atoms with Gasteiger partial charge in [-0.1, -0.05) is 84.7 Å². The van der Waals surface area contributed by atoms with E-state index in [1.165, 1.54) is 12.8 Å². The third kappa shape index (κ3) is 6.26. The average Bonchev–Trinajstić information content (AvgIpc) is 2.73. The number of rotatable bonds is 8. The maximum Gasteiger partial charge on any atom is 0.363 e. The Bertz CT molecular complexity index is 711. The van der Waals surface area contributed by atoms with Crippen molar-refractivity contribution in [3.63, 3.8) is 0 Å². The number of hydrogen-bond donors (Lipinski definition) is 1. The van der Waals surface area contributed by atoms with Crippen LogP contribution >= 0.6 is 7.60 Å². The van der Waals surface area contributed by atoms with Crippen LogP contribution in [0.3, 0.4) is 0 Å². The maximum atomic E-state index is 14.5. The summed E-state index contributed by atoms with van der Waals surface area (Å²) in [4.78, 5) is 0. The zero-order chi connectivity index (χ0) is 23.5. The van der Waals surface area contributed by atoms with Crippen LogP contribution < -0.4 is 0 Å². The van der Waals surface area contributed by atoms with Crippen LogP contribution in [0.5, 0.6) is 0 Å². The van der Waals surface area contributed by atoms with Gasteiger partial charge < -0.3 is 14.2 Å². The summed E-state index contributed by atoms with van der Waals surface area (Å²) in [5, 5.41) is 11.4. The van der Waals surface area contributed by atoms with E-state index in [2.05, 4.69) is 41.5 Å². The zero-order valence-corrected chi connectivity index (χ0v) is 21.8. The van der Waals surface area contributed by atoms with E-state index >= 15 is 0 Å². The third-order valence-electron chi connectivity index (χ3n) is 7.88. The minimum Gasteiger partial charge on any atom is -0.376 e. The average molecular weight is 465 g/mol. The van der Waals surface area contributed by atoms with Crippen LogP contribution in [0.1, 0.15) is 91.5 Å². The zero-order valence-electron chi connectivity index (χ0n) is 20.9. The highest BCUT2D eigenvalue weighted by Gasteiger charge is 2.46. The van der Waals surface area contributed by atoms with Gasteiger partial charge in [-0.3, -0.25) is 4.57 Å². The van der Waals surface area contributed by atoms with Crippen LogP contribution in [0.4, 0.5) is 0 Å². The molecule has 0 amide bonds. The summed E-state index contributed by atoms with van der Waals surface area (Å²) in [5.74, 6) is 1.32. The van der Waals surface area contributed by atoms with Gasteiger partial charge >= 0.3 is 7.60 Å². The van der Waals surface area contributed by atoms with Gasteiger partial charge in [0.2, 0.25) is 0 Å². The van der Waals surface area contributed by atoms with E-state index in [1.54, 1.807) is 0 Å². The predicted octanol–water partition coefficient (Wildman–Crippen LogP) is 7.83. The molecule has 2 saturated carbocycles. The molecule has 1 aromatic carbocycles. The summed E-state index contributed by atoms with van der Waals surface area (Å²) in [5.41, 5.74) is 0.603. The molecule has 2 fully saturated rings. The van der Waals surface area contributed by atoms with Crippen LogP contribution in [0.15, 0.2) is 30.3 Å². The van der Waals surface area contributed by atoms with E-state index in [0.29, 0.717) is 41.1 Å². The van der Waals surface area contributed by atoms with Crippen molar-refractivity contribution in [2.45, 2.75) is 98.1 Å². The third-order valence-corrected chi connectivity index (χ3v) is 9.91. The molecule has 8 atom stereocenters. The lowest BCUT2D eigenvalue weighted by Crippen LogP contribution is -2.37. The second kappa shape index (κ2) is 11.2. The van der Waals surface area contributed by atoms with Gasteiger partial charge in [-0.15, -0.1) is 0 Å². The first kappa shape index (κ1) is 25.9. The Hall–Kier alpha value is -0.670. The highest BCUT2D eigenvalue weighted by molar-refractivity contribution is 7.54. The molecule has 182 valence electrons. The molecule has 0 radical (unpaired) electrons. The van der Waals surface area contributed by atoms with Gasteiger partial charge in [0, 0.05) is 0 Å². The molecular formula is C27H45O4P. The first-order valence-corrected chi connectivity index (χ1v) is 14.4. The summed E-state index contributed by atoms with van der Waals surface area (Å²) in [6, 6.07) is 9.26. The van der Waals surface area contributed by atoms with Crippen molar-refractivity contribution < 1.29 is 18.7 Å². The molecule has 0 aromatic heterocycles. The van der Waals surface area contributed by atoms with Crippen molar-refractivity contribution in [3.8, 4) is 0 Å². The SMILES string of the molecule is CC(C)[C@H]1CC[C@H](C)C[C@H]1OP(=O)(O[C@@H]1C[C@H](C)CC[C@H]1C(C)C)[C@H](O)c1ccccc1. The smallest absolute Gasteiger partial charge is 0.363 e. The van der Waals surface area contributed by atoms with Crippen molar-refractivity contribution in [2.75, 3.05) is 0 Å². The number of hydrogen-bond acceptors (Lipinski definition) is 4. The Labute approximate surface area is 196 Å². The Morgan fingerprint density at radius 3 is 1.66 bits per heavy atom. The molecule has 2 aliphatic carbocycles. The second-order valence-corrected chi connectivity index (χ2v) is 13.3. The van der Waals surface area contributed by atoms with E-state index in [4.69, 9.17) is 9.05 Å². The van der Waals surface area contributed by atoms with Gasteiger partial charge in [0.05, 0.1) is 12.2 Å². The first-order valence-electron chi connectivity index (χ1n) is 12.8. The molecule has 4 nitrogen and oxygen atoms in total.